The Kier molecular flexibility index (Phi) is 9.88. The third kappa shape index (κ3) is 7.55. The van der Waals surface area contributed by atoms with E-state index in [1.54, 1.807) is 42.5 Å². The number of sulfone groups is 1. The van der Waals surface area contributed by atoms with Crippen LogP contribution >= 0.6 is 24.0 Å². The maximum Gasteiger partial charge on any atom is 0.308 e. The fourth-order valence-electron chi connectivity index (χ4n) is 3.13. The van der Waals surface area contributed by atoms with Crippen LogP contribution in [0.25, 0.3) is 0 Å². The number of halogens is 2. The number of carbonyl (C=O) groups is 1. The molecular weight excluding hydrogens is 485 g/mol. The minimum atomic E-state index is -3.67. The number of esters is 1. The number of ether oxygens (including phenoxy) is 1. The number of carbonyl (C=O) groups excluding carboxylic acids is 1. The molecule has 0 aliphatic rings. The van der Waals surface area contributed by atoms with E-state index in [4.69, 9.17) is 16.3 Å². The minimum absolute atomic E-state index is 0. The lowest BCUT2D eigenvalue weighted by molar-refractivity contribution is -0.131. The minimum Gasteiger partial charge on any atom is -0.427 e. The fraction of sp³-hybridized carbons (Fsp3) is 0.208. The van der Waals surface area contributed by atoms with Gasteiger partial charge in [0.15, 0.2) is 0 Å². The molecule has 0 saturated carbocycles. The number of nitrogens with one attached hydrogen (secondary N) is 1. The second-order valence-electron chi connectivity index (χ2n) is 7.24. The molecule has 9 heteroatoms. The molecule has 1 unspecified atom stereocenters. The highest BCUT2D eigenvalue weighted by Gasteiger charge is 2.17. The van der Waals surface area contributed by atoms with E-state index in [1.165, 1.54) is 31.2 Å². The van der Waals surface area contributed by atoms with Gasteiger partial charge >= 0.3 is 5.97 Å². The second-order valence-corrected chi connectivity index (χ2v) is 9.62. The Bertz CT molecular complexity index is 1170. The van der Waals surface area contributed by atoms with Gasteiger partial charge in [-0.05, 0) is 72.6 Å². The van der Waals surface area contributed by atoms with Gasteiger partial charge in [0.1, 0.15) is 5.75 Å². The third-order valence-corrected chi connectivity index (χ3v) is 6.81. The van der Waals surface area contributed by atoms with Gasteiger partial charge in [0.2, 0.25) is 9.84 Å². The van der Waals surface area contributed by atoms with E-state index in [1.807, 2.05) is 6.07 Å². The molecule has 0 amide bonds. The van der Waals surface area contributed by atoms with Gasteiger partial charge in [0.25, 0.3) is 0 Å². The predicted molar refractivity (Wildman–Crippen MR) is 130 cm³/mol. The molecule has 0 aliphatic carbocycles. The molecular formula is C24H25Cl2NO5S. The van der Waals surface area contributed by atoms with Crippen molar-refractivity contribution < 1.29 is 23.1 Å². The van der Waals surface area contributed by atoms with Crippen molar-refractivity contribution >= 4 is 39.8 Å². The van der Waals surface area contributed by atoms with E-state index in [-0.39, 0.29) is 22.2 Å². The fourth-order valence-corrected chi connectivity index (χ4v) is 4.59. The van der Waals surface area contributed by atoms with Crippen molar-refractivity contribution in [3.05, 3.63) is 88.9 Å². The summed E-state index contributed by atoms with van der Waals surface area (Å²) < 4.78 is 30.6. The summed E-state index contributed by atoms with van der Waals surface area (Å²) in [5.74, 6) is -0.176. The van der Waals surface area contributed by atoms with Crippen molar-refractivity contribution in [2.75, 3.05) is 13.1 Å². The summed E-state index contributed by atoms with van der Waals surface area (Å²) in [6.45, 7) is 2.29. The first kappa shape index (κ1) is 26.8. The van der Waals surface area contributed by atoms with Gasteiger partial charge in [-0.15, -0.1) is 12.4 Å². The molecule has 0 saturated heterocycles. The summed E-state index contributed by atoms with van der Waals surface area (Å²) >= 11 is 5.95. The normalized spacial score (nSPS) is 12.0. The van der Waals surface area contributed by atoms with Gasteiger partial charge in [-0.3, -0.25) is 4.79 Å². The molecule has 0 aliphatic heterocycles. The van der Waals surface area contributed by atoms with Gasteiger partial charge < -0.3 is 15.2 Å². The van der Waals surface area contributed by atoms with Crippen LogP contribution in [0.4, 0.5) is 0 Å². The number of aliphatic hydroxyl groups is 1. The molecule has 1 atom stereocenters. The Hall–Kier alpha value is -2.42. The molecule has 3 rings (SSSR count). The number of benzene rings is 3. The van der Waals surface area contributed by atoms with Crippen molar-refractivity contribution in [3.8, 4) is 5.75 Å². The zero-order valence-electron chi connectivity index (χ0n) is 17.9. The number of aliphatic hydroxyl groups excluding tert-OH is 1. The largest absolute Gasteiger partial charge is 0.427 e. The van der Waals surface area contributed by atoms with Gasteiger partial charge in [0.05, 0.1) is 15.9 Å². The first-order valence-corrected chi connectivity index (χ1v) is 11.9. The summed E-state index contributed by atoms with van der Waals surface area (Å²) in [6.07, 6.45) is 0.0214. The quantitative estimate of drug-likeness (QED) is 0.252. The Morgan fingerprint density at radius 3 is 2.21 bits per heavy atom. The first-order chi connectivity index (χ1) is 15.3. The van der Waals surface area contributed by atoms with Crippen LogP contribution in [-0.4, -0.2) is 32.6 Å². The lowest BCUT2D eigenvalue weighted by Gasteiger charge is -2.13. The van der Waals surface area contributed by atoms with Crippen LogP contribution in [0, 0.1) is 0 Å². The molecule has 0 bridgehead atoms. The van der Waals surface area contributed by atoms with Crippen LogP contribution in [0.2, 0.25) is 5.02 Å². The molecule has 0 radical (unpaired) electrons. The van der Waals surface area contributed by atoms with Crippen molar-refractivity contribution in [2.45, 2.75) is 29.2 Å². The maximum absolute atomic E-state index is 12.8. The zero-order chi connectivity index (χ0) is 23.1. The lowest BCUT2D eigenvalue weighted by Crippen LogP contribution is -2.23. The molecule has 3 aromatic rings. The molecule has 0 aromatic heterocycles. The topological polar surface area (TPSA) is 92.7 Å². The Morgan fingerprint density at radius 1 is 1.03 bits per heavy atom. The van der Waals surface area contributed by atoms with Crippen LogP contribution in [0.3, 0.4) is 0 Å². The van der Waals surface area contributed by atoms with Crippen molar-refractivity contribution in [1.29, 1.82) is 0 Å². The number of hydrogen-bond acceptors (Lipinski definition) is 6. The number of hydrogen-bond donors (Lipinski definition) is 2. The van der Waals surface area contributed by atoms with E-state index < -0.39 is 21.9 Å². The van der Waals surface area contributed by atoms with Crippen LogP contribution < -0.4 is 10.1 Å². The summed E-state index contributed by atoms with van der Waals surface area (Å²) in [5.41, 5.74) is 1.72. The van der Waals surface area contributed by atoms with E-state index in [2.05, 4.69) is 5.32 Å². The standard InChI is InChI=1S/C24H24ClNO5S.ClH/c1-17(27)31-21-7-11-23(12-8-21)32(29,30)22-9-5-18(6-10-22)13-14-26-16-24(28)19-3-2-4-20(25)15-19;/h2-12,15,24,26,28H,13-14,16H2,1H3;1H. The third-order valence-electron chi connectivity index (χ3n) is 4.79. The molecule has 3 aromatic carbocycles. The summed E-state index contributed by atoms with van der Waals surface area (Å²) in [4.78, 5) is 11.3. The molecule has 6 nitrogen and oxygen atoms in total. The molecule has 176 valence electrons. The van der Waals surface area contributed by atoms with Gasteiger partial charge in [0, 0.05) is 18.5 Å². The first-order valence-electron chi connectivity index (χ1n) is 10.0. The van der Waals surface area contributed by atoms with Crippen LogP contribution in [0.5, 0.6) is 5.75 Å². The Balaban J connectivity index is 0.00000385. The molecule has 0 heterocycles. The molecule has 33 heavy (non-hydrogen) atoms. The van der Waals surface area contributed by atoms with Crippen molar-refractivity contribution in [3.63, 3.8) is 0 Å². The Labute approximate surface area is 204 Å². The Morgan fingerprint density at radius 2 is 1.64 bits per heavy atom. The maximum atomic E-state index is 12.8. The average molecular weight is 510 g/mol. The lowest BCUT2D eigenvalue weighted by atomic mass is 10.1. The highest BCUT2D eigenvalue weighted by Crippen LogP contribution is 2.24. The second kappa shape index (κ2) is 12.2. The van der Waals surface area contributed by atoms with Crippen LogP contribution in [0.1, 0.15) is 24.2 Å². The van der Waals surface area contributed by atoms with Gasteiger partial charge in [-0.25, -0.2) is 8.42 Å². The van der Waals surface area contributed by atoms with E-state index in [0.29, 0.717) is 30.3 Å². The summed E-state index contributed by atoms with van der Waals surface area (Å²) in [6, 6.07) is 19.5. The van der Waals surface area contributed by atoms with Crippen LogP contribution in [0.15, 0.2) is 82.6 Å². The van der Waals surface area contributed by atoms with Crippen molar-refractivity contribution in [2.24, 2.45) is 0 Å². The summed E-state index contributed by atoms with van der Waals surface area (Å²) in [7, 11) is -3.67. The number of rotatable bonds is 9. The van der Waals surface area contributed by atoms with Crippen LogP contribution in [-0.2, 0) is 21.1 Å². The van der Waals surface area contributed by atoms with Gasteiger partial charge in [-0.2, -0.15) is 0 Å². The van der Waals surface area contributed by atoms with E-state index >= 15 is 0 Å². The predicted octanol–water partition coefficient (Wildman–Crippen LogP) is 4.39. The molecule has 0 spiro atoms. The smallest absolute Gasteiger partial charge is 0.308 e. The zero-order valence-corrected chi connectivity index (χ0v) is 20.3. The van der Waals surface area contributed by atoms with Crippen molar-refractivity contribution in [1.82, 2.24) is 5.32 Å². The molecule has 0 fully saturated rings. The summed E-state index contributed by atoms with van der Waals surface area (Å²) in [5, 5.41) is 14.0. The van der Waals surface area contributed by atoms with E-state index in [0.717, 1.165) is 11.1 Å². The highest BCUT2D eigenvalue weighted by molar-refractivity contribution is 7.91. The SMILES string of the molecule is CC(=O)Oc1ccc(S(=O)(=O)c2ccc(CCNCC(O)c3cccc(Cl)c3)cc2)cc1.Cl. The average Bonchev–Trinajstić information content (AvgIpc) is 2.77. The van der Waals surface area contributed by atoms with Gasteiger partial charge in [-0.1, -0.05) is 35.9 Å². The van der Waals surface area contributed by atoms with E-state index in [9.17, 15) is 18.3 Å². The highest BCUT2D eigenvalue weighted by atomic mass is 35.5. The monoisotopic (exact) mass is 509 g/mol. The molecule has 2 N–H and O–H groups in total.